The summed E-state index contributed by atoms with van der Waals surface area (Å²) in [6.07, 6.45) is 1.37. The number of carbonyl (C=O) groups is 1. The molecule has 2 aromatic rings. The van der Waals surface area contributed by atoms with Gasteiger partial charge < -0.3 is 5.32 Å². The van der Waals surface area contributed by atoms with Crippen LogP contribution in [0.1, 0.15) is 44.4 Å². The van der Waals surface area contributed by atoms with Crippen molar-refractivity contribution in [2.24, 2.45) is 5.41 Å². The highest BCUT2D eigenvalue weighted by atomic mass is 32.1. The van der Waals surface area contributed by atoms with E-state index >= 15 is 0 Å². The highest BCUT2D eigenvalue weighted by molar-refractivity contribution is 7.16. The Morgan fingerprint density at radius 2 is 2.08 bits per heavy atom. The lowest BCUT2D eigenvalue weighted by atomic mass is 9.70. The fraction of sp³-hybridized carbons (Fsp3) is 0.333. The summed E-state index contributed by atoms with van der Waals surface area (Å²) in [6, 6.07) is 8.65. The second kappa shape index (κ2) is 6.22. The normalized spacial score (nSPS) is 22.1. The number of thiophene rings is 2. The number of ketones is 1. The highest BCUT2D eigenvalue weighted by Gasteiger charge is 2.41. The molecule has 3 heterocycles. The molecule has 1 unspecified atom stereocenters. The first-order valence-electron chi connectivity index (χ1n) is 8.66. The van der Waals surface area contributed by atoms with E-state index in [1.165, 1.54) is 10.4 Å². The largest absolute Gasteiger partial charge is 0.361 e. The molecule has 0 aromatic carbocycles. The van der Waals surface area contributed by atoms with Gasteiger partial charge in [0.2, 0.25) is 0 Å². The molecule has 4 rings (SSSR count). The summed E-state index contributed by atoms with van der Waals surface area (Å²) in [6.45, 7) is 6.20. The highest BCUT2D eigenvalue weighted by Crippen LogP contribution is 2.48. The quantitative estimate of drug-likeness (QED) is 0.737. The molecular formula is C21H20N2OS2. The minimum absolute atomic E-state index is 0.0464. The Balaban J connectivity index is 1.83. The smallest absolute Gasteiger partial charge is 0.162 e. The van der Waals surface area contributed by atoms with E-state index in [2.05, 4.69) is 54.2 Å². The summed E-state index contributed by atoms with van der Waals surface area (Å²) in [4.78, 5) is 15.3. The van der Waals surface area contributed by atoms with Crippen molar-refractivity contribution in [2.45, 2.75) is 39.5 Å². The van der Waals surface area contributed by atoms with E-state index in [4.69, 9.17) is 0 Å². The molecule has 0 saturated carbocycles. The average molecular weight is 381 g/mol. The summed E-state index contributed by atoms with van der Waals surface area (Å²) >= 11 is 3.36. The molecule has 2 aliphatic rings. The molecule has 0 bridgehead atoms. The van der Waals surface area contributed by atoms with Gasteiger partial charge in [-0.2, -0.15) is 16.6 Å². The van der Waals surface area contributed by atoms with Crippen molar-refractivity contribution in [1.82, 2.24) is 5.32 Å². The average Bonchev–Trinajstić information content (AvgIpc) is 3.23. The first-order valence-corrected chi connectivity index (χ1v) is 10.4. The van der Waals surface area contributed by atoms with Gasteiger partial charge in [0.05, 0.1) is 17.6 Å². The standard InChI is InChI=1S/C21H20N2OS2/c1-12-14(10-22)19(18-5-4-17(26-18)13-6-7-25-11-13)20-15(23-12)8-21(2,3)9-16(20)24/h4-7,11,19,23H,8-9H2,1-3H3. The zero-order chi connectivity index (χ0) is 18.5. The maximum absolute atomic E-state index is 13.0. The summed E-state index contributed by atoms with van der Waals surface area (Å²) in [7, 11) is 0. The van der Waals surface area contributed by atoms with Crippen LogP contribution in [-0.2, 0) is 4.79 Å². The molecule has 0 fully saturated rings. The third-order valence-electron chi connectivity index (χ3n) is 5.08. The van der Waals surface area contributed by atoms with Gasteiger partial charge in [0.1, 0.15) is 0 Å². The van der Waals surface area contributed by atoms with Gasteiger partial charge in [-0.1, -0.05) is 13.8 Å². The Labute approximate surface area is 161 Å². The van der Waals surface area contributed by atoms with Crippen LogP contribution in [0.3, 0.4) is 0 Å². The van der Waals surface area contributed by atoms with Gasteiger partial charge in [-0.15, -0.1) is 11.3 Å². The molecule has 132 valence electrons. The monoisotopic (exact) mass is 380 g/mol. The zero-order valence-corrected chi connectivity index (χ0v) is 16.7. The Bertz CT molecular complexity index is 984. The van der Waals surface area contributed by atoms with Crippen LogP contribution < -0.4 is 5.32 Å². The molecule has 0 spiro atoms. The van der Waals surface area contributed by atoms with E-state index in [1.54, 1.807) is 22.7 Å². The molecule has 0 saturated heterocycles. The molecular weight excluding hydrogens is 360 g/mol. The van der Waals surface area contributed by atoms with Gasteiger partial charge in [0.25, 0.3) is 0 Å². The molecule has 1 aliphatic heterocycles. The fourth-order valence-corrected chi connectivity index (χ4v) is 5.79. The van der Waals surface area contributed by atoms with Gasteiger partial charge in [0.15, 0.2) is 5.78 Å². The maximum Gasteiger partial charge on any atom is 0.162 e. The zero-order valence-electron chi connectivity index (χ0n) is 15.1. The summed E-state index contributed by atoms with van der Waals surface area (Å²) in [5.74, 6) is -0.0725. The Morgan fingerprint density at radius 1 is 1.27 bits per heavy atom. The van der Waals surface area contributed by atoms with E-state index < -0.39 is 0 Å². The van der Waals surface area contributed by atoms with Crippen LogP contribution in [0.5, 0.6) is 0 Å². The first kappa shape index (κ1) is 17.3. The van der Waals surface area contributed by atoms with Crippen LogP contribution in [0.15, 0.2) is 51.5 Å². The number of nitrogens with one attached hydrogen (secondary N) is 1. The van der Waals surface area contributed by atoms with Crippen molar-refractivity contribution in [3.63, 3.8) is 0 Å². The van der Waals surface area contributed by atoms with E-state index in [-0.39, 0.29) is 17.1 Å². The van der Waals surface area contributed by atoms with E-state index in [9.17, 15) is 10.1 Å². The predicted molar refractivity (Wildman–Crippen MR) is 107 cm³/mol. The molecule has 1 atom stereocenters. The number of nitrogens with zero attached hydrogens (tertiary/aromatic N) is 1. The van der Waals surface area contributed by atoms with Gasteiger partial charge in [-0.05, 0) is 47.7 Å². The van der Waals surface area contributed by atoms with Crippen LogP contribution in [0, 0.1) is 16.7 Å². The summed E-state index contributed by atoms with van der Waals surface area (Å²) in [5.41, 5.74) is 4.48. The van der Waals surface area contributed by atoms with E-state index in [0.717, 1.165) is 28.3 Å². The molecule has 0 amide bonds. The molecule has 0 radical (unpaired) electrons. The van der Waals surface area contributed by atoms with Crippen LogP contribution in [0.4, 0.5) is 0 Å². The minimum atomic E-state index is -0.239. The number of hydrogen-bond donors (Lipinski definition) is 1. The molecule has 1 N–H and O–H groups in total. The number of carbonyl (C=O) groups excluding carboxylic acids is 1. The van der Waals surface area contributed by atoms with Crippen molar-refractivity contribution in [3.8, 4) is 16.5 Å². The molecule has 26 heavy (non-hydrogen) atoms. The van der Waals surface area contributed by atoms with Crippen molar-refractivity contribution >= 4 is 28.5 Å². The van der Waals surface area contributed by atoms with Crippen molar-refractivity contribution in [3.05, 3.63) is 56.4 Å². The third-order valence-corrected chi connectivity index (χ3v) is 6.96. The van der Waals surface area contributed by atoms with Gasteiger partial charge in [0, 0.05) is 38.7 Å². The lowest BCUT2D eigenvalue weighted by Gasteiger charge is -2.38. The number of hydrogen-bond acceptors (Lipinski definition) is 5. The fourth-order valence-electron chi connectivity index (χ4n) is 3.94. The number of Topliss-reactive ketones (excluding diaryl/α,β-unsaturated/α-hetero) is 1. The van der Waals surface area contributed by atoms with Crippen molar-refractivity contribution < 1.29 is 4.79 Å². The summed E-state index contributed by atoms with van der Waals surface area (Å²) < 4.78 is 0. The summed E-state index contributed by atoms with van der Waals surface area (Å²) in [5, 5.41) is 17.3. The lowest BCUT2D eigenvalue weighted by molar-refractivity contribution is -0.118. The van der Waals surface area contributed by atoms with Crippen LogP contribution in [-0.4, -0.2) is 5.78 Å². The second-order valence-electron chi connectivity index (χ2n) is 7.76. The Hall–Kier alpha value is -2.16. The van der Waals surface area contributed by atoms with Gasteiger partial charge in [-0.3, -0.25) is 4.79 Å². The van der Waals surface area contributed by atoms with Crippen LogP contribution in [0.2, 0.25) is 0 Å². The molecule has 1 aliphatic carbocycles. The van der Waals surface area contributed by atoms with E-state index in [0.29, 0.717) is 12.0 Å². The molecule has 5 heteroatoms. The van der Waals surface area contributed by atoms with Gasteiger partial charge in [-0.25, -0.2) is 0 Å². The number of dihydropyridines is 1. The topological polar surface area (TPSA) is 52.9 Å². The maximum atomic E-state index is 13.0. The molecule has 2 aromatic heterocycles. The number of allylic oxidation sites excluding steroid dienone is 4. The third kappa shape index (κ3) is 2.84. The second-order valence-corrected chi connectivity index (χ2v) is 9.65. The van der Waals surface area contributed by atoms with Crippen LogP contribution in [0.25, 0.3) is 10.4 Å². The van der Waals surface area contributed by atoms with E-state index in [1.807, 2.05) is 6.92 Å². The lowest BCUT2D eigenvalue weighted by Crippen LogP contribution is -2.36. The van der Waals surface area contributed by atoms with Crippen molar-refractivity contribution in [2.75, 3.05) is 0 Å². The minimum Gasteiger partial charge on any atom is -0.361 e. The van der Waals surface area contributed by atoms with Crippen molar-refractivity contribution in [1.29, 1.82) is 5.26 Å². The number of rotatable bonds is 2. The van der Waals surface area contributed by atoms with Gasteiger partial charge >= 0.3 is 0 Å². The molecule has 3 nitrogen and oxygen atoms in total. The Morgan fingerprint density at radius 3 is 2.77 bits per heavy atom. The Kier molecular flexibility index (Phi) is 4.13. The van der Waals surface area contributed by atoms with Crippen LogP contribution >= 0.6 is 22.7 Å². The predicted octanol–water partition coefficient (Wildman–Crippen LogP) is 5.60. The SMILES string of the molecule is CC1=C(C#N)C(c2ccc(-c3ccsc3)s2)C2=C(CC(C)(C)CC2=O)N1. The number of nitriles is 1. The first-order chi connectivity index (χ1) is 12.4.